The summed E-state index contributed by atoms with van der Waals surface area (Å²) < 4.78 is 4.65. The summed E-state index contributed by atoms with van der Waals surface area (Å²) >= 11 is 0. The first-order chi connectivity index (χ1) is 9.69. The molecule has 0 bridgehead atoms. The van der Waals surface area contributed by atoms with Gasteiger partial charge in [0.1, 0.15) is 0 Å². The van der Waals surface area contributed by atoms with Crippen LogP contribution in [0.15, 0.2) is 18.3 Å². The molecule has 0 radical (unpaired) electrons. The van der Waals surface area contributed by atoms with E-state index in [0.29, 0.717) is 11.6 Å². The van der Waals surface area contributed by atoms with E-state index in [4.69, 9.17) is 0 Å². The van der Waals surface area contributed by atoms with Crippen LogP contribution in [0.2, 0.25) is 0 Å². The van der Waals surface area contributed by atoms with Crippen LogP contribution in [0.1, 0.15) is 35.8 Å². The van der Waals surface area contributed by atoms with Gasteiger partial charge in [0.05, 0.1) is 18.4 Å². The number of methoxy groups -OCH3 is 1. The molecule has 1 aliphatic rings. The third-order valence-corrected chi connectivity index (χ3v) is 3.61. The maximum absolute atomic E-state index is 11.3. The Balaban J connectivity index is 1.76. The van der Waals surface area contributed by atoms with Crippen molar-refractivity contribution in [3.8, 4) is 0 Å². The summed E-state index contributed by atoms with van der Waals surface area (Å²) in [6.45, 7) is 6.44. The highest BCUT2D eigenvalue weighted by molar-refractivity contribution is 5.88. The summed E-state index contributed by atoms with van der Waals surface area (Å²) in [5.41, 5.74) is 1.42. The molecule has 1 unspecified atom stereocenters. The van der Waals surface area contributed by atoms with Gasteiger partial charge < -0.3 is 15.0 Å². The van der Waals surface area contributed by atoms with Gasteiger partial charge in [-0.2, -0.15) is 0 Å². The second-order valence-electron chi connectivity index (χ2n) is 5.32. The minimum absolute atomic E-state index is 0.348. The number of hydrogen-bond donors (Lipinski definition) is 1. The second kappa shape index (κ2) is 7.36. The van der Waals surface area contributed by atoms with Crippen molar-refractivity contribution < 1.29 is 9.53 Å². The van der Waals surface area contributed by atoms with Gasteiger partial charge in [-0.1, -0.05) is 0 Å². The zero-order valence-electron chi connectivity index (χ0n) is 12.3. The van der Waals surface area contributed by atoms with Gasteiger partial charge in [0.25, 0.3) is 0 Å². The molecule has 1 atom stereocenters. The molecule has 110 valence electrons. The molecule has 5 heteroatoms. The molecule has 1 aromatic heterocycles. The lowest BCUT2D eigenvalue weighted by Crippen LogP contribution is -2.37. The van der Waals surface area contributed by atoms with Crippen LogP contribution < -0.4 is 5.32 Å². The van der Waals surface area contributed by atoms with Gasteiger partial charge in [0.15, 0.2) is 0 Å². The second-order valence-corrected chi connectivity index (χ2v) is 5.32. The van der Waals surface area contributed by atoms with Crippen LogP contribution in [0.3, 0.4) is 0 Å². The maximum Gasteiger partial charge on any atom is 0.339 e. The summed E-state index contributed by atoms with van der Waals surface area (Å²) in [6, 6.07) is 4.05. The van der Waals surface area contributed by atoms with E-state index < -0.39 is 0 Å². The maximum atomic E-state index is 11.3. The Morgan fingerprint density at radius 2 is 2.20 bits per heavy atom. The summed E-state index contributed by atoms with van der Waals surface area (Å²) in [4.78, 5) is 18.1. The summed E-state index contributed by atoms with van der Waals surface area (Å²) in [7, 11) is 1.37. The lowest BCUT2D eigenvalue weighted by Gasteiger charge is -2.21. The average molecular weight is 277 g/mol. The van der Waals surface area contributed by atoms with Crippen molar-refractivity contribution in [1.29, 1.82) is 0 Å². The number of ether oxygens (including phenoxy) is 1. The molecule has 1 N–H and O–H groups in total. The first-order valence-corrected chi connectivity index (χ1v) is 7.18. The molecule has 0 spiro atoms. The molecule has 1 saturated heterocycles. The molecule has 0 saturated carbocycles. The van der Waals surface area contributed by atoms with E-state index in [2.05, 4.69) is 26.9 Å². The summed E-state index contributed by atoms with van der Waals surface area (Å²) in [5.74, 6) is -0.348. The molecule has 0 aliphatic carbocycles. The average Bonchev–Trinajstić information content (AvgIpc) is 2.97. The molecule has 1 fully saturated rings. The van der Waals surface area contributed by atoms with Crippen molar-refractivity contribution in [3.05, 3.63) is 29.6 Å². The highest BCUT2D eigenvalue weighted by Gasteiger charge is 2.14. The number of nitrogens with zero attached hydrogens (tertiary/aromatic N) is 2. The fraction of sp³-hybridized carbons (Fsp3) is 0.600. The molecular formula is C15H23N3O2. The highest BCUT2D eigenvalue weighted by atomic mass is 16.5. The van der Waals surface area contributed by atoms with Gasteiger partial charge in [0.2, 0.25) is 0 Å². The lowest BCUT2D eigenvalue weighted by molar-refractivity contribution is 0.0600. The zero-order chi connectivity index (χ0) is 14.4. The van der Waals surface area contributed by atoms with Crippen LogP contribution >= 0.6 is 0 Å². The number of aromatic nitrogens is 1. The van der Waals surface area contributed by atoms with E-state index in [1.165, 1.54) is 33.0 Å². The van der Waals surface area contributed by atoms with Gasteiger partial charge >= 0.3 is 5.97 Å². The SMILES string of the molecule is COC(=O)c1ccc(CNC(C)CN2CCCC2)nc1. The van der Waals surface area contributed by atoms with E-state index in [9.17, 15) is 4.79 Å². The normalized spacial score (nSPS) is 17.1. The lowest BCUT2D eigenvalue weighted by atomic mass is 10.2. The monoisotopic (exact) mass is 277 g/mol. The number of esters is 1. The number of rotatable bonds is 6. The van der Waals surface area contributed by atoms with E-state index in [1.54, 1.807) is 12.3 Å². The molecular weight excluding hydrogens is 254 g/mol. The number of hydrogen-bond acceptors (Lipinski definition) is 5. The van der Waals surface area contributed by atoms with Crippen molar-refractivity contribution in [3.63, 3.8) is 0 Å². The van der Waals surface area contributed by atoms with E-state index >= 15 is 0 Å². The summed E-state index contributed by atoms with van der Waals surface area (Å²) in [6.07, 6.45) is 4.21. The standard InChI is InChI=1S/C15H23N3O2/c1-12(11-18-7-3-4-8-18)16-10-14-6-5-13(9-17-14)15(19)20-2/h5-6,9,12,16H,3-4,7-8,10-11H2,1-2H3. The number of carbonyl (C=O) groups is 1. The van der Waals surface area contributed by atoms with Crippen molar-refractivity contribution in [2.24, 2.45) is 0 Å². The molecule has 1 aliphatic heterocycles. The zero-order valence-corrected chi connectivity index (χ0v) is 12.3. The quantitative estimate of drug-likeness (QED) is 0.797. The van der Waals surface area contributed by atoms with Crippen LogP contribution in [0.25, 0.3) is 0 Å². The van der Waals surface area contributed by atoms with Crippen LogP contribution in [0.4, 0.5) is 0 Å². The Morgan fingerprint density at radius 3 is 2.80 bits per heavy atom. The Hall–Kier alpha value is -1.46. The van der Waals surface area contributed by atoms with E-state index in [0.717, 1.165) is 18.8 Å². The molecule has 2 rings (SSSR count). The molecule has 5 nitrogen and oxygen atoms in total. The number of nitrogens with one attached hydrogen (secondary N) is 1. The Morgan fingerprint density at radius 1 is 1.45 bits per heavy atom. The topological polar surface area (TPSA) is 54.5 Å². The number of likely N-dealkylation sites (tertiary alicyclic amines) is 1. The van der Waals surface area contributed by atoms with Crippen LogP contribution in [0.5, 0.6) is 0 Å². The van der Waals surface area contributed by atoms with Crippen molar-refractivity contribution in [2.75, 3.05) is 26.7 Å². The first kappa shape index (κ1) is 14.9. The van der Waals surface area contributed by atoms with E-state index in [1.807, 2.05) is 6.07 Å². The fourth-order valence-corrected chi connectivity index (χ4v) is 2.46. The largest absolute Gasteiger partial charge is 0.465 e. The third kappa shape index (κ3) is 4.28. The minimum atomic E-state index is -0.348. The highest BCUT2D eigenvalue weighted by Crippen LogP contribution is 2.08. The van der Waals surface area contributed by atoms with Crippen LogP contribution in [-0.4, -0.2) is 48.6 Å². The van der Waals surface area contributed by atoms with Gasteiger partial charge in [0, 0.05) is 25.3 Å². The van der Waals surface area contributed by atoms with Crippen LogP contribution in [0, 0.1) is 0 Å². The Labute approximate surface area is 120 Å². The Bertz CT molecular complexity index is 427. The minimum Gasteiger partial charge on any atom is -0.465 e. The van der Waals surface area contributed by atoms with Crippen molar-refractivity contribution in [1.82, 2.24) is 15.2 Å². The predicted octanol–water partition coefficient (Wildman–Crippen LogP) is 1.44. The third-order valence-electron chi connectivity index (χ3n) is 3.61. The molecule has 2 heterocycles. The predicted molar refractivity (Wildman–Crippen MR) is 77.6 cm³/mol. The van der Waals surface area contributed by atoms with Gasteiger partial charge in [-0.15, -0.1) is 0 Å². The Kier molecular flexibility index (Phi) is 5.49. The first-order valence-electron chi connectivity index (χ1n) is 7.18. The number of pyridine rings is 1. The van der Waals surface area contributed by atoms with Gasteiger partial charge in [-0.3, -0.25) is 4.98 Å². The molecule has 1 aromatic rings. The fourth-order valence-electron chi connectivity index (χ4n) is 2.46. The van der Waals surface area contributed by atoms with Crippen molar-refractivity contribution in [2.45, 2.75) is 32.4 Å². The summed E-state index contributed by atoms with van der Waals surface area (Å²) in [5, 5.41) is 3.47. The van der Waals surface area contributed by atoms with Gasteiger partial charge in [-0.25, -0.2) is 4.79 Å². The molecule has 0 aromatic carbocycles. The van der Waals surface area contributed by atoms with Gasteiger partial charge in [-0.05, 0) is 45.0 Å². The van der Waals surface area contributed by atoms with E-state index in [-0.39, 0.29) is 5.97 Å². The number of carbonyl (C=O) groups excluding carboxylic acids is 1. The van der Waals surface area contributed by atoms with Crippen LogP contribution in [-0.2, 0) is 11.3 Å². The molecule has 20 heavy (non-hydrogen) atoms. The molecule has 0 amide bonds. The smallest absolute Gasteiger partial charge is 0.339 e. The van der Waals surface area contributed by atoms with Crippen molar-refractivity contribution >= 4 is 5.97 Å².